The molecule has 20 heavy (non-hydrogen) atoms. The molecular formula is C12H15N3O4S. The maximum Gasteiger partial charge on any atom is 0.422 e. The van der Waals surface area contributed by atoms with Crippen LogP contribution < -0.4 is 9.03 Å². The van der Waals surface area contributed by atoms with Crippen molar-refractivity contribution in [2.75, 3.05) is 17.5 Å². The molecule has 0 atom stereocenters. The van der Waals surface area contributed by atoms with Crippen molar-refractivity contribution in [3.8, 4) is 6.07 Å². The lowest BCUT2D eigenvalue weighted by Gasteiger charge is -2.23. The van der Waals surface area contributed by atoms with Gasteiger partial charge in [-0.3, -0.25) is 4.31 Å². The summed E-state index contributed by atoms with van der Waals surface area (Å²) < 4.78 is 31.5. The number of nitriles is 1. The molecule has 1 aromatic rings. The molecule has 0 unspecified atom stereocenters. The molecule has 0 aromatic heterocycles. The Balaban J connectivity index is 2.98. The highest BCUT2D eigenvalue weighted by atomic mass is 32.2. The predicted octanol–water partition coefficient (Wildman–Crippen LogP) is 1.40. The summed E-state index contributed by atoms with van der Waals surface area (Å²) >= 11 is 0. The predicted molar refractivity (Wildman–Crippen MR) is 73.1 cm³/mol. The van der Waals surface area contributed by atoms with E-state index in [1.165, 1.54) is 0 Å². The summed E-state index contributed by atoms with van der Waals surface area (Å²) in [5.41, 5.74) is 0.361. The number of nitrogens with one attached hydrogen (secondary N) is 1. The second-order valence-corrected chi connectivity index (χ2v) is 5.24. The smallest absolute Gasteiger partial charge is 0.422 e. The van der Waals surface area contributed by atoms with E-state index in [9.17, 15) is 13.2 Å². The fraction of sp³-hybridized carbons (Fsp3) is 0.333. The lowest BCUT2D eigenvalue weighted by molar-refractivity contribution is 0.158. The Morgan fingerprint density at radius 1 is 1.40 bits per heavy atom. The topological polar surface area (TPSA) is 99.5 Å². The molecule has 0 spiro atoms. The summed E-state index contributed by atoms with van der Waals surface area (Å²) in [5, 5.41) is 8.61. The van der Waals surface area contributed by atoms with Gasteiger partial charge in [-0.1, -0.05) is 18.2 Å². The number of nitrogens with zero attached hydrogens (tertiary/aromatic N) is 2. The molecule has 0 heterocycles. The number of para-hydroxylation sites is 1. The summed E-state index contributed by atoms with van der Waals surface area (Å²) in [6, 6.07) is 10.1. The van der Waals surface area contributed by atoms with E-state index >= 15 is 0 Å². The number of hydrogen-bond donors (Lipinski definition) is 1. The molecule has 8 heteroatoms. The maximum absolute atomic E-state index is 12.1. The third-order valence-corrected chi connectivity index (χ3v) is 3.65. The number of rotatable bonds is 6. The zero-order valence-electron chi connectivity index (χ0n) is 10.9. The number of carbonyl (C=O) groups is 1. The van der Waals surface area contributed by atoms with Gasteiger partial charge in [0.1, 0.15) is 0 Å². The Hall–Kier alpha value is -2.27. The van der Waals surface area contributed by atoms with Gasteiger partial charge in [0.15, 0.2) is 0 Å². The van der Waals surface area contributed by atoms with Crippen LogP contribution in [0.25, 0.3) is 0 Å². The SMILES string of the molecule is CCOC(=O)NS(=O)(=O)N(CCC#N)c1ccccc1. The number of hydrogen-bond acceptors (Lipinski definition) is 5. The fourth-order valence-electron chi connectivity index (χ4n) is 1.45. The first kappa shape index (κ1) is 15.8. The van der Waals surface area contributed by atoms with Crippen LogP contribution in [0.3, 0.4) is 0 Å². The molecule has 0 bridgehead atoms. The van der Waals surface area contributed by atoms with E-state index in [-0.39, 0.29) is 19.6 Å². The van der Waals surface area contributed by atoms with Crippen LogP contribution in [-0.4, -0.2) is 27.7 Å². The van der Waals surface area contributed by atoms with E-state index in [0.29, 0.717) is 5.69 Å². The standard InChI is InChI=1S/C12H15N3O4S/c1-2-19-12(16)14-20(17,18)15(10-6-9-13)11-7-4-3-5-8-11/h3-5,7-8H,2,6,10H2,1H3,(H,14,16). The number of anilines is 1. The van der Waals surface area contributed by atoms with Crippen molar-refractivity contribution in [1.29, 1.82) is 5.26 Å². The molecule has 0 fully saturated rings. The minimum Gasteiger partial charge on any atom is -0.449 e. The number of ether oxygens (including phenoxy) is 1. The average molecular weight is 297 g/mol. The van der Waals surface area contributed by atoms with Gasteiger partial charge in [0.05, 0.1) is 24.8 Å². The Bertz CT molecular complexity index is 580. The zero-order chi connectivity index (χ0) is 15.0. The van der Waals surface area contributed by atoms with E-state index < -0.39 is 16.3 Å². The van der Waals surface area contributed by atoms with Gasteiger partial charge in [0, 0.05) is 6.54 Å². The second-order valence-electron chi connectivity index (χ2n) is 3.64. The molecule has 7 nitrogen and oxygen atoms in total. The highest BCUT2D eigenvalue weighted by molar-refractivity contribution is 7.91. The first-order valence-corrected chi connectivity index (χ1v) is 7.34. The average Bonchev–Trinajstić information content (AvgIpc) is 2.39. The molecule has 0 saturated carbocycles. The molecule has 0 saturated heterocycles. The van der Waals surface area contributed by atoms with E-state index in [1.807, 2.05) is 6.07 Å². The molecule has 1 rings (SSSR count). The Labute approximate surface area is 117 Å². The van der Waals surface area contributed by atoms with Crippen molar-refractivity contribution in [1.82, 2.24) is 4.72 Å². The van der Waals surface area contributed by atoms with Gasteiger partial charge in [-0.25, -0.2) is 9.52 Å². The third-order valence-electron chi connectivity index (χ3n) is 2.25. The van der Waals surface area contributed by atoms with Crippen LogP contribution in [0.2, 0.25) is 0 Å². The van der Waals surface area contributed by atoms with Crippen molar-refractivity contribution in [3.05, 3.63) is 30.3 Å². The van der Waals surface area contributed by atoms with Crippen molar-refractivity contribution < 1.29 is 17.9 Å². The number of amides is 1. The van der Waals surface area contributed by atoms with Crippen molar-refractivity contribution in [2.45, 2.75) is 13.3 Å². The monoisotopic (exact) mass is 297 g/mol. The molecule has 0 radical (unpaired) electrons. The van der Waals surface area contributed by atoms with Gasteiger partial charge in [-0.15, -0.1) is 0 Å². The Morgan fingerprint density at radius 2 is 2.05 bits per heavy atom. The summed E-state index contributed by atoms with van der Waals surface area (Å²) in [4.78, 5) is 11.3. The lowest BCUT2D eigenvalue weighted by atomic mass is 10.3. The van der Waals surface area contributed by atoms with Crippen LogP contribution in [0.4, 0.5) is 10.5 Å². The summed E-state index contributed by atoms with van der Waals surface area (Å²) in [5.74, 6) is 0. The van der Waals surface area contributed by atoms with Crippen molar-refractivity contribution in [2.24, 2.45) is 0 Å². The normalized spacial score (nSPS) is 10.4. The fourth-order valence-corrected chi connectivity index (χ4v) is 2.57. The van der Waals surface area contributed by atoms with Crippen molar-refractivity contribution in [3.63, 3.8) is 0 Å². The molecule has 108 valence electrons. The van der Waals surface area contributed by atoms with Gasteiger partial charge in [0.25, 0.3) is 0 Å². The van der Waals surface area contributed by atoms with E-state index in [1.54, 1.807) is 42.0 Å². The van der Waals surface area contributed by atoms with Crippen LogP contribution in [-0.2, 0) is 14.9 Å². The van der Waals surface area contributed by atoms with Gasteiger partial charge in [-0.05, 0) is 19.1 Å². The molecule has 0 aliphatic rings. The van der Waals surface area contributed by atoms with E-state index in [2.05, 4.69) is 4.74 Å². The summed E-state index contributed by atoms with van der Waals surface area (Å²) in [7, 11) is -4.11. The van der Waals surface area contributed by atoms with Crippen LogP contribution >= 0.6 is 0 Å². The first-order valence-electron chi connectivity index (χ1n) is 5.90. The second kappa shape index (κ2) is 7.35. The molecule has 0 aliphatic carbocycles. The summed E-state index contributed by atoms with van der Waals surface area (Å²) in [6.45, 7) is 1.57. The summed E-state index contributed by atoms with van der Waals surface area (Å²) in [6.07, 6.45) is -1.05. The quantitative estimate of drug-likeness (QED) is 0.855. The van der Waals surface area contributed by atoms with Crippen LogP contribution in [0, 0.1) is 11.3 Å². The largest absolute Gasteiger partial charge is 0.449 e. The number of benzene rings is 1. The molecule has 1 aromatic carbocycles. The zero-order valence-corrected chi connectivity index (χ0v) is 11.8. The molecule has 1 N–H and O–H groups in total. The molecule has 1 amide bonds. The first-order chi connectivity index (χ1) is 9.51. The van der Waals surface area contributed by atoms with Crippen LogP contribution in [0.15, 0.2) is 30.3 Å². The maximum atomic E-state index is 12.1. The minimum atomic E-state index is -4.11. The van der Waals surface area contributed by atoms with Gasteiger partial charge >= 0.3 is 16.3 Å². The molecular weight excluding hydrogens is 282 g/mol. The highest BCUT2D eigenvalue weighted by Crippen LogP contribution is 2.16. The Morgan fingerprint density at radius 3 is 2.60 bits per heavy atom. The van der Waals surface area contributed by atoms with Crippen LogP contribution in [0.5, 0.6) is 0 Å². The Kier molecular flexibility index (Phi) is 5.80. The van der Waals surface area contributed by atoms with E-state index in [0.717, 1.165) is 4.31 Å². The van der Waals surface area contributed by atoms with E-state index in [4.69, 9.17) is 5.26 Å². The minimum absolute atomic E-state index is 0.00136. The molecule has 0 aliphatic heterocycles. The van der Waals surface area contributed by atoms with Gasteiger partial charge in [-0.2, -0.15) is 13.7 Å². The van der Waals surface area contributed by atoms with Gasteiger partial charge in [0.2, 0.25) is 0 Å². The highest BCUT2D eigenvalue weighted by Gasteiger charge is 2.24. The van der Waals surface area contributed by atoms with Crippen LogP contribution in [0.1, 0.15) is 13.3 Å². The number of carbonyl (C=O) groups excluding carboxylic acids is 1. The lowest BCUT2D eigenvalue weighted by Crippen LogP contribution is -2.44. The van der Waals surface area contributed by atoms with Gasteiger partial charge < -0.3 is 4.74 Å². The third kappa shape index (κ3) is 4.44. The van der Waals surface area contributed by atoms with Crippen molar-refractivity contribution >= 4 is 22.0 Å².